The van der Waals surface area contributed by atoms with Gasteiger partial charge in [0.2, 0.25) is 0 Å². The van der Waals surface area contributed by atoms with Crippen LogP contribution in [0.2, 0.25) is 0 Å². The van der Waals surface area contributed by atoms with Gasteiger partial charge in [0.15, 0.2) is 0 Å². The van der Waals surface area contributed by atoms with Crippen molar-refractivity contribution in [2.24, 2.45) is 0 Å². The second-order valence-corrected chi connectivity index (χ2v) is 7.89. The highest BCUT2D eigenvalue weighted by Crippen LogP contribution is 2.27. The number of rotatable bonds is 5. The number of aromatic nitrogens is 1. The summed E-state index contributed by atoms with van der Waals surface area (Å²) in [5.74, 6) is 0.883. The topological polar surface area (TPSA) is 37.8 Å². The number of likely N-dealkylation sites (tertiary alicyclic amines) is 1. The zero-order valence-electron chi connectivity index (χ0n) is 15.4. The highest BCUT2D eigenvalue weighted by atomic mass is 32.1. The molecule has 4 rings (SSSR count). The first-order chi connectivity index (χ1) is 12.8. The Morgan fingerprint density at radius 1 is 1.12 bits per heavy atom. The predicted molar refractivity (Wildman–Crippen MR) is 105 cm³/mol. The van der Waals surface area contributed by atoms with Gasteiger partial charge in [-0.25, -0.2) is 4.98 Å². The summed E-state index contributed by atoms with van der Waals surface area (Å²) in [4.78, 5) is 10.0. The van der Waals surface area contributed by atoms with Gasteiger partial charge in [-0.1, -0.05) is 0 Å². The molecule has 0 bridgehead atoms. The summed E-state index contributed by atoms with van der Waals surface area (Å²) < 4.78 is 10.7. The molecule has 0 radical (unpaired) electrons. The fourth-order valence-corrected chi connectivity index (χ4v) is 4.68. The summed E-state index contributed by atoms with van der Waals surface area (Å²) in [7, 11) is 1.69. The standard InChI is InChI=1S/C20H27N3O2S/c1-24-19-4-2-16(3-5-19)20-21-17(15-26-20)14-22-8-6-18(7-9-22)23-10-12-25-13-11-23/h2-5,15,18H,6-14H2,1H3. The van der Waals surface area contributed by atoms with Gasteiger partial charge in [-0.2, -0.15) is 0 Å². The maximum absolute atomic E-state index is 5.48. The third-order valence-corrected chi connectivity index (χ3v) is 6.33. The third-order valence-electron chi connectivity index (χ3n) is 5.39. The average molecular weight is 374 g/mol. The van der Waals surface area contributed by atoms with Crippen molar-refractivity contribution >= 4 is 11.3 Å². The molecule has 0 unspecified atom stereocenters. The van der Waals surface area contributed by atoms with E-state index < -0.39 is 0 Å². The van der Waals surface area contributed by atoms with Crippen LogP contribution >= 0.6 is 11.3 Å². The molecule has 0 spiro atoms. The van der Waals surface area contributed by atoms with Gasteiger partial charge in [0.05, 0.1) is 26.0 Å². The Kier molecular flexibility index (Phi) is 5.84. The lowest BCUT2D eigenvalue weighted by Gasteiger charge is -2.39. The summed E-state index contributed by atoms with van der Waals surface area (Å²) in [5.41, 5.74) is 2.35. The first-order valence-corrected chi connectivity index (χ1v) is 10.3. The molecule has 2 aromatic rings. The number of methoxy groups -OCH3 is 1. The van der Waals surface area contributed by atoms with Gasteiger partial charge in [-0.05, 0) is 37.1 Å². The Bertz CT molecular complexity index is 689. The van der Waals surface area contributed by atoms with Gasteiger partial charge < -0.3 is 9.47 Å². The normalized spacial score (nSPS) is 20.3. The molecule has 1 aromatic carbocycles. The number of benzene rings is 1. The van der Waals surface area contributed by atoms with Crippen LogP contribution in [0, 0.1) is 0 Å². The molecule has 26 heavy (non-hydrogen) atoms. The van der Waals surface area contributed by atoms with E-state index in [4.69, 9.17) is 14.5 Å². The van der Waals surface area contributed by atoms with Gasteiger partial charge in [-0.3, -0.25) is 9.80 Å². The molecular weight excluding hydrogens is 346 g/mol. The number of hydrogen-bond donors (Lipinski definition) is 0. The lowest BCUT2D eigenvalue weighted by atomic mass is 10.0. The number of hydrogen-bond acceptors (Lipinski definition) is 6. The smallest absolute Gasteiger partial charge is 0.123 e. The van der Waals surface area contributed by atoms with Gasteiger partial charge in [-0.15, -0.1) is 11.3 Å². The summed E-state index contributed by atoms with van der Waals surface area (Å²) in [6.07, 6.45) is 2.52. The molecule has 2 aliphatic heterocycles. The minimum absolute atomic E-state index is 0.737. The minimum atomic E-state index is 0.737. The van der Waals surface area contributed by atoms with Crippen LogP contribution in [0.15, 0.2) is 29.6 Å². The van der Waals surface area contributed by atoms with Crippen LogP contribution in [0.4, 0.5) is 0 Å². The van der Waals surface area contributed by atoms with Gasteiger partial charge in [0.1, 0.15) is 10.8 Å². The largest absolute Gasteiger partial charge is 0.497 e. The molecule has 0 amide bonds. The first-order valence-electron chi connectivity index (χ1n) is 9.45. The molecule has 2 saturated heterocycles. The third kappa shape index (κ3) is 4.26. The van der Waals surface area contributed by atoms with Crippen molar-refractivity contribution in [3.05, 3.63) is 35.3 Å². The minimum Gasteiger partial charge on any atom is -0.497 e. The number of thiazole rings is 1. The highest BCUT2D eigenvalue weighted by molar-refractivity contribution is 7.13. The van der Waals surface area contributed by atoms with E-state index in [0.717, 1.165) is 68.3 Å². The molecule has 0 N–H and O–H groups in total. The second-order valence-electron chi connectivity index (χ2n) is 7.03. The Hall–Kier alpha value is -1.47. The van der Waals surface area contributed by atoms with Crippen molar-refractivity contribution in [3.8, 4) is 16.3 Å². The Morgan fingerprint density at radius 3 is 2.54 bits per heavy atom. The molecule has 2 aliphatic rings. The van der Waals surface area contributed by atoms with Gasteiger partial charge in [0.25, 0.3) is 0 Å². The molecule has 5 nitrogen and oxygen atoms in total. The highest BCUT2D eigenvalue weighted by Gasteiger charge is 2.26. The Balaban J connectivity index is 1.30. The van der Waals surface area contributed by atoms with Crippen molar-refractivity contribution in [2.45, 2.75) is 25.4 Å². The maximum atomic E-state index is 5.48. The average Bonchev–Trinajstić information content (AvgIpc) is 3.18. The number of ether oxygens (including phenoxy) is 2. The second kappa shape index (κ2) is 8.48. The quantitative estimate of drug-likeness (QED) is 0.805. The molecular formula is C20H27N3O2S. The van der Waals surface area contributed by atoms with Crippen LogP contribution in [0.3, 0.4) is 0 Å². The molecule has 140 valence electrons. The van der Waals surface area contributed by atoms with Crippen LogP contribution in [0.5, 0.6) is 5.75 Å². The SMILES string of the molecule is COc1ccc(-c2nc(CN3CCC(N4CCOCC4)CC3)cs2)cc1. The van der Waals surface area contributed by atoms with Crippen molar-refractivity contribution in [2.75, 3.05) is 46.5 Å². The summed E-state index contributed by atoms with van der Waals surface area (Å²) >= 11 is 1.73. The predicted octanol–water partition coefficient (Wildman–Crippen LogP) is 3.12. The fourth-order valence-electron chi connectivity index (χ4n) is 3.86. The van der Waals surface area contributed by atoms with Crippen LogP contribution in [0.25, 0.3) is 10.6 Å². The van der Waals surface area contributed by atoms with E-state index in [0.29, 0.717) is 0 Å². The van der Waals surface area contributed by atoms with Crippen molar-refractivity contribution in [3.63, 3.8) is 0 Å². The van der Waals surface area contributed by atoms with E-state index in [1.54, 1.807) is 18.4 Å². The van der Waals surface area contributed by atoms with E-state index in [1.165, 1.54) is 18.5 Å². The Labute approximate surface area is 159 Å². The Morgan fingerprint density at radius 2 is 1.85 bits per heavy atom. The van der Waals surface area contributed by atoms with Crippen LogP contribution in [-0.2, 0) is 11.3 Å². The van der Waals surface area contributed by atoms with E-state index in [1.807, 2.05) is 12.1 Å². The van der Waals surface area contributed by atoms with E-state index in [2.05, 4.69) is 27.3 Å². The van der Waals surface area contributed by atoms with Gasteiger partial charge >= 0.3 is 0 Å². The molecule has 0 aliphatic carbocycles. The fraction of sp³-hybridized carbons (Fsp3) is 0.550. The number of nitrogens with zero attached hydrogens (tertiary/aromatic N) is 3. The van der Waals surface area contributed by atoms with Gasteiger partial charge in [0, 0.05) is 49.7 Å². The molecule has 2 fully saturated rings. The van der Waals surface area contributed by atoms with Crippen molar-refractivity contribution in [1.82, 2.24) is 14.8 Å². The van der Waals surface area contributed by atoms with Crippen molar-refractivity contribution < 1.29 is 9.47 Å². The van der Waals surface area contributed by atoms with Crippen molar-refractivity contribution in [1.29, 1.82) is 0 Å². The lowest BCUT2D eigenvalue weighted by molar-refractivity contribution is 0.000153. The zero-order valence-corrected chi connectivity index (χ0v) is 16.2. The molecule has 0 atom stereocenters. The van der Waals surface area contributed by atoms with E-state index in [9.17, 15) is 0 Å². The summed E-state index contributed by atoms with van der Waals surface area (Å²) in [5, 5.41) is 3.29. The maximum Gasteiger partial charge on any atom is 0.123 e. The summed E-state index contributed by atoms with van der Waals surface area (Å²) in [6, 6.07) is 8.88. The molecule has 6 heteroatoms. The monoisotopic (exact) mass is 373 g/mol. The van der Waals surface area contributed by atoms with Crippen LogP contribution in [0.1, 0.15) is 18.5 Å². The van der Waals surface area contributed by atoms with E-state index >= 15 is 0 Å². The number of piperidine rings is 1. The zero-order chi connectivity index (χ0) is 17.8. The van der Waals surface area contributed by atoms with Crippen LogP contribution in [-0.4, -0.2) is 67.3 Å². The van der Waals surface area contributed by atoms with E-state index in [-0.39, 0.29) is 0 Å². The number of morpholine rings is 1. The molecule has 0 saturated carbocycles. The van der Waals surface area contributed by atoms with Crippen LogP contribution < -0.4 is 4.74 Å². The lowest BCUT2D eigenvalue weighted by Crippen LogP contribution is -2.48. The summed E-state index contributed by atoms with van der Waals surface area (Å²) in [6.45, 7) is 7.28. The first kappa shape index (κ1) is 17.9. The molecule has 1 aromatic heterocycles. The molecule has 3 heterocycles.